The number of nitrogens with two attached hydrogens (primary N) is 1. The molecule has 1 aromatic carbocycles. The topological polar surface area (TPSA) is 40.2 Å². The predicted molar refractivity (Wildman–Crippen MR) is 90.9 cm³/mol. The molecular formula is C17H24N2OS. The summed E-state index contributed by atoms with van der Waals surface area (Å²) in [5.41, 5.74) is 8.16. The lowest BCUT2D eigenvalue weighted by Gasteiger charge is -2.20. The molecule has 4 heteroatoms. The standard InChI is InChI=1S/C17H24N2OS/c1-4-21-16-10-12(18)9-15-14(16)6-8-19(15)11-13-5-7-17(2,3)20-13/h6,8-10,13H,4-5,7,11,18H2,1-3H3. The summed E-state index contributed by atoms with van der Waals surface area (Å²) in [5.74, 6) is 1.06. The van der Waals surface area contributed by atoms with Crippen molar-refractivity contribution >= 4 is 28.4 Å². The predicted octanol–water partition coefficient (Wildman–Crippen LogP) is 4.29. The van der Waals surface area contributed by atoms with E-state index < -0.39 is 0 Å². The fraction of sp³-hybridized carbons (Fsp3) is 0.529. The first kappa shape index (κ1) is 14.8. The zero-order valence-corrected chi connectivity index (χ0v) is 13.9. The first-order valence-electron chi connectivity index (χ1n) is 7.67. The Balaban J connectivity index is 1.90. The third-order valence-electron chi connectivity index (χ3n) is 4.13. The number of thioether (sulfide) groups is 1. The highest BCUT2D eigenvalue weighted by atomic mass is 32.2. The lowest BCUT2D eigenvalue weighted by atomic mass is 10.1. The summed E-state index contributed by atoms with van der Waals surface area (Å²) in [5, 5.41) is 1.30. The molecule has 1 atom stereocenters. The van der Waals surface area contributed by atoms with E-state index in [0.717, 1.165) is 30.8 Å². The Morgan fingerprint density at radius 1 is 1.43 bits per heavy atom. The number of fused-ring (bicyclic) bond motifs is 1. The minimum atomic E-state index is 0.0237. The van der Waals surface area contributed by atoms with E-state index in [0.29, 0.717) is 6.10 Å². The molecule has 2 N–H and O–H groups in total. The normalized spacial score (nSPS) is 21.2. The van der Waals surface area contributed by atoms with Gasteiger partial charge < -0.3 is 15.0 Å². The highest BCUT2D eigenvalue weighted by Crippen LogP contribution is 2.34. The van der Waals surface area contributed by atoms with Gasteiger partial charge in [0.25, 0.3) is 0 Å². The minimum Gasteiger partial charge on any atom is -0.399 e. The Morgan fingerprint density at radius 2 is 2.24 bits per heavy atom. The van der Waals surface area contributed by atoms with Crippen LogP contribution in [0.5, 0.6) is 0 Å². The summed E-state index contributed by atoms with van der Waals surface area (Å²) in [6.45, 7) is 7.43. The molecule has 1 aromatic heterocycles. The smallest absolute Gasteiger partial charge is 0.0762 e. The zero-order chi connectivity index (χ0) is 15.0. The van der Waals surface area contributed by atoms with Gasteiger partial charge in [-0.15, -0.1) is 11.8 Å². The molecule has 0 aliphatic carbocycles. The van der Waals surface area contributed by atoms with Crippen LogP contribution < -0.4 is 5.73 Å². The van der Waals surface area contributed by atoms with E-state index >= 15 is 0 Å². The molecule has 2 heterocycles. The van der Waals surface area contributed by atoms with Crippen LogP contribution in [-0.2, 0) is 11.3 Å². The van der Waals surface area contributed by atoms with Gasteiger partial charge in [0.2, 0.25) is 0 Å². The fourth-order valence-electron chi connectivity index (χ4n) is 3.14. The Hall–Kier alpha value is -1.13. The Labute approximate surface area is 130 Å². The third kappa shape index (κ3) is 3.06. The second-order valence-corrected chi connectivity index (χ2v) is 7.70. The van der Waals surface area contributed by atoms with Crippen LogP contribution in [0.2, 0.25) is 0 Å². The Kier molecular flexibility index (Phi) is 3.93. The van der Waals surface area contributed by atoms with Gasteiger partial charge >= 0.3 is 0 Å². The number of ether oxygens (including phenoxy) is 1. The van der Waals surface area contributed by atoms with Gasteiger partial charge in [-0.25, -0.2) is 0 Å². The van der Waals surface area contributed by atoms with Crippen molar-refractivity contribution in [3.8, 4) is 0 Å². The lowest BCUT2D eigenvalue weighted by molar-refractivity contribution is -0.0212. The molecular weight excluding hydrogens is 280 g/mol. The van der Waals surface area contributed by atoms with Crippen LogP contribution in [0.3, 0.4) is 0 Å². The first-order chi connectivity index (χ1) is 9.98. The van der Waals surface area contributed by atoms with E-state index in [9.17, 15) is 0 Å². The molecule has 2 aromatic rings. The molecule has 0 radical (unpaired) electrons. The number of hydrogen-bond donors (Lipinski definition) is 1. The van der Waals surface area contributed by atoms with Crippen molar-refractivity contribution < 1.29 is 4.74 Å². The maximum Gasteiger partial charge on any atom is 0.0762 e. The third-order valence-corrected chi connectivity index (χ3v) is 5.06. The highest BCUT2D eigenvalue weighted by Gasteiger charge is 2.31. The maximum absolute atomic E-state index is 6.12. The van der Waals surface area contributed by atoms with Crippen molar-refractivity contribution in [1.82, 2.24) is 4.57 Å². The number of anilines is 1. The Bertz CT molecular complexity index is 648. The second-order valence-electron chi connectivity index (χ2n) is 6.39. The molecule has 0 amide bonds. The lowest BCUT2D eigenvalue weighted by Crippen LogP contribution is -2.22. The van der Waals surface area contributed by atoms with Gasteiger partial charge in [-0.3, -0.25) is 0 Å². The molecule has 21 heavy (non-hydrogen) atoms. The summed E-state index contributed by atoms with van der Waals surface area (Å²) in [6, 6.07) is 6.36. The van der Waals surface area contributed by atoms with Crippen LogP contribution in [0.1, 0.15) is 33.6 Å². The Morgan fingerprint density at radius 3 is 2.90 bits per heavy atom. The van der Waals surface area contributed by atoms with E-state index in [-0.39, 0.29) is 5.60 Å². The van der Waals surface area contributed by atoms with Crippen LogP contribution in [0, 0.1) is 0 Å². The first-order valence-corrected chi connectivity index (χ1v) is 8.66. The molecule has 1 aliphatic heterocycles. The molecule has 0 spiro atoms. The number of rotatable bonds is 4. The quantitative estimate of drug-likeness (QED) is 0.676. The van der Waals surface area contributed by atoms with Crippen LogP contribution in [-0.4, -0.2) is 22.0 Å². The van der Waals surface area contributed by atoms with Crippen molar-refractivity contribution in [2.24, 2.45) is 0 Å². The van der Waals surface area contributed by atoms with E-state index in [2.05, 4.69) is 49.7 Å². The van der Waals surface area contributed by atoms with E-state index in [4.69, 9.17) is 10.5 Å². The number of benzene rings is 1. The fourth-order valence-corrected chi connectivity index (χ4v) is 4.00. The van der Waals surface area contributed by atoms with Crippen molar-refractivity contribution in [1.29, 1.82) is 0 Å². The number of aromatic nitrogens is 1. The molecule has 1 saturated heterocycles. The molecule has 0 bridgehead atoms. The van der Waals surface area contributed by atoms with Crippen LogP contribution in [0.4, 0.5) is 5.69 Å². The van der Waals surface area contributed by atoms with Gasteiger partial charge in [0.05, 0.1) is 17.2 Å². The monoisotopic (exact) mass is 304 g/mol. The summed E-state index contributed by atoms with van der Waals surface area (Å²) in [7, 11) is 0. The summed E-state index contributed by atoms with van der Waals surface area (Å²) in [6.07, 6.45) is 4.74. The van der Waals surface area contributed by atoms with E-state index in [1.54, 1.807) is 0 Å². The zero-order valence-electron chi connectivity index (χ0n) is 13.1. The summed E-state index contributed by atoms with van der Waals surface area (Å²) >= 11 is 1.85. The van der Waals surface area contributed by atoms with Crippen molar-refractivity contribution in [3.63, 3.8) is 0 Å². The van der Waals surface area contributed by atoms with Gasteiger partial charge in [-0.2, -0.15) is 0 Å². The molecule has 114 valence electrons. The summed E-state index contributed by atoms with van der Waals surface area (Å²) in [4.78, 5) is 1.28. The average molecular weight is 304 g/mol. The highest BCUT2D eigenvalue weighted by molar-refractivity contribution is 7.99. The van der Waals surface area contributed by atoms with E-state index in [1.165, 1.54) is 15.8 Å². The minimum absolute atomic E-state index is 0.0237. The average Bonchev–Trinajstić information content (AvgIpc) is 2.94. The van der Waals surface area contributed by atoms with Gasteiger partial charge in [-0.05, 0) is 50.6 Å². The van der Waals surface area contributed by atoms with Gasteiger partial charge in [-0.1, -0.05) is 6.92 Å². The summed E-state index contributed by atoms with van der Waals surface area (Å²) < 4.78 is 8.41. The molecule has 0 saturated carbocycles. The van der Waals surface area contributed by atoms with Crippen molar-refractivity contribution in [3.05, 3.63) is 24.4 Å². The SMILES string of the molecule is CCSc1cc(N)cc2c1ccn2CC1CCC(C)(C)O1. The molecule has 3 nitrogen and oxygen atoms in total. The molecule has 1 unspecified atom stereocenters. The molecule has 1 aliphatic rings. The number of nitrogens with zero attached hydrogens (tertiary/aromatic N) is 1. The van der Waals surface area contributed by atoms with Crippen molar-refractivity contribution in [2.45, 2.75) is 56.8 Å². The van der Waals surface area contributed by atoms with Gasteiger partial charge in [0.1, 0.15) is 0 Å². The second kappa shape index (κ2) is 5.58. The van der Waals surface area contributed by atoms with Crippen LogP contribution in [0.25, 0.3) is 10.9 Å². The van der Waals surface area contributed by atoms with Gasteiger partial charge in [0, 0.05) is 28.7 Å². The van der Waals surface area contributed by atoms with Gasteiger partial charge in [0.15, 0.2) is 0 Å². The number of hydrogen-bond acceptors (Lipinski definition) is 3. The molecule has 3 rings (SSSR count). The largest absolute Gasteiger partial charge is 0.399 e. The van der Waals surface area contributed by atoms with E-state index in [1.807, 2.05) is 11.8 Å². The maximum atomic E-state index is 6.12. The van der Waals surface area contributed by atoms with Crippen LogP contribution in [0.15, 0.2) is 29.3 Å². The van der Waals surface area contributed by atoms with Crippen molar-refractivity contribution in [2.75, 3.05) is 11.5 Å². The molecule has 1 fully saturated rings. The van der Waals surface area contributed by atoms with Crippen LogP contribution >= 0.6 is 11.8 Å². The number of nitrogen functional groups attached to an aromatic ring is 1.